The number of benzene rings is 1. The summed E-state index contributed by atoms with van der Waals surface area (Å²) in [6.07, 6.45) is 0.747. The van der Waals surface area contributed by atoms with Crippen molar-refractivity contribution in [3.63, 3.8) is 0 Å². The normalized spacial score (nSPS) is 12.9. The van der Waals surface area contributed by atoms with Crippen LogP contribution in [0.4, 0.5) is 0 Å². The molecule has 0 aliphatic rings. The second kappa shape index (κ2) is 4.24. The molecule has 12 heavy (non-hydrogen) atoms. The molecule has 0 aromatic heterocycles. The molecule has 1 aromatic rings. The summed E-state index contributed by atoms with van der Waals surface area (Å²) in [6.45, 7) is 2.10. The first kappa shape index (κ1) is 9.23. The van der Waals surface area contributed by atoms with E-state index >= 15 is 0 Å². The van der Waals surface area contributed by atoms with E-state index in [-0.39, 0.29) is 12.6 Å². The van der Waals surface area contributed by atoms with E-state index in [1.54, 1.807) is 0 Å². The summed E-state index contributed by atoms with van der Waals surface area (Å²) in [5.74, 6) is 0. The van der Waals surface area contributed by atoms with E-state index in [0.29, 0.717) is 0 Å². The van der Waals surface area contributed by atoms with Crippen LogP contribution in [-0.4, -0.2) is 17.8 Å². The van der Waals surface area contributed by atoms with Gasteiger partial charge in [0, 0.05) is 6.04 Å². The van der Waals surface area contributed by atoms with Gasteiger partial charge in [-0.3, -0.25) is 0 Å². The van der Waals surface area contributed by atoms with E-state index in [2.05, 4.69) is 19.1 Å². The van der Waals surface area contributed by atoms with E-state index in [0.717, 1.165) is 6.42 Å². The molecular formula is C10H15NO. The average Bonchev–Trinajstić information content (AvgIpc) is 2.09. The minimum Gasteiger partial charge on any atom is -0.395 e. The van der Waals surface area contributed by atoms with Gasteiger partial charge in [0.25, 0.3) is 0 Å². The summed E-state index contributed by atoms with van der Waals surface area (Å²) in [5.41, 5.74) is 8.02. The molecule has 0 fully saturated rings. The Morgan fingerprint density at radius 3 is 2.42 bits per heavy atom. The van der Waals surface area contributed by atoms with Gasteiger partial charge in [-0.1, -0.05) is 29.8 Å². The number of aliphatic hydroxyl groups is 1. The first-order valence-electron chi connectivity index (χ1n) is 4.14. The number of rotatable bonds is 3. The fourth-order valence-electron chi connectivity index (χ4n) is 1.09. The third-order valence-corrected chi connectivity index (χ3v) is 1.85. The van der Waals surface area contributed by atoms with Crippen molar-refractivity contribution in [1.29, 1.82) is 0 Å². The minimum atomic E-state index is -0.132. The lowest BCUT2D eigenvalue weighted by atomic mass is 10.1. The van der Waals surface area contributed by atoms with Crippen molar-refractivity contribution in [2.75, 3.05) is 6.61 Å². The van der Waals surface area contributed by atoms with Crippen LogP contribution in [0.2, 0.25) is 0 Å². The van der Waals surface area contributed by atoms with Crippen LogP contribution in [0, 0.1) is 6.92 Å². The molecule has 66 valence electrons. The number of aliphatic hydroxyl groups excluding tert-OH is 1. The van der Waals surface area contributed by atoms with Gasteiger partial charge in [0.15, 0.2) is 0 Å². The molecule has 2 heteroatoms. The third kappa shape index (κ3) is 2.64. The van der Waals surface area contributed by atoms with Crippen molar-refractivity contribution in [2.45, 2.75) is 19.4 Å². The van der Waals surface area contributed by atoms with Gasteiger partial charge in [0.1, 0.15) is 0 Å². The Kier molecular flexibility index (Phi) is 3.26. The minimum absolute atomic E-state index is 0.0495. The molecule has 1 rings (SSSR count). The van der Waals surface area contributed by atoms with Crippen molar-refractivity contribution >= 4 is 0 Å². The first-order chi connectivity index (χ1) is 5.72. The Bertz CT molecular complexity index is 230. The van der Waals surface area contributed by atoms with E-state index in [1.165, 1.54) is 11.1 Å². The standard InChI is InChI=1S/C10H15NO/c1-8-2-4-9(5-3-8)6-10(11)7-12/h2-5,10,12H,6-7,11H2,1H3/t10-/m0/s1. The molecule has 0 aliphatic heterocycles. The molecule has 0 saturated heterocycles. The van der Waals surface area contributed by atoms with Gasteiger partial charge >= 0.3 is 0 Å². The number of aryl methyl sites for hydroxylation is 1. The van der Waals surface area contributed by atoms with Crippen LogP contribution >= 0.6 is 0 Å². The van der Waals surface area contributed by atoms with Crippen LogP contribution in [0.3, 0.4) is 0 Å². The predicted molar refractivity (Wildman–Crippen MR) is 49.9 cm³/mol. The lowest BCUT2D eigenvalue weighted by Crippen LogP contribution is -2.26. The van der Waals surface area contributed by atoms with Crippen LogP contribution in [0.5, 0.6) is 0 Å². The van der Waals surface area contributed by atoms with Gasteiger partial charge in [-0.15, -0.1) is 0 Å². The molecule has 0 amide bonds. The van der Waals surface area contributed by atoms with Gasteiger partial charge in [0.2, 0.25) is 0 Å². The zero-order chi connectivity index (χ0) is 8.97. The molecule has 0 bridgehead atoms. The maximum Gasteiger partial charge on any atom is 0.0585 e. The molecule has 2 nitrogen and oxygen atoms in total. The molecule has 0 spiro atoms. The SMILES string of the molecule is Cc1ccc(C[C@H](N)CO)cc1. The average molecular weight is 165 g/mol. The van der Waals surface area contributed by atoms with Crippen LogP contribution < -0.4 is 5.73 Å². The Morgan fingerprint density at radius 1 is 1.33 bits per heavy atom. The Hall–Kier alpha value is -0.860. The second-order valence-corrected chi connectivity index (χ2v) is 3.13. The van der Waals surface area contributed by atoms with Crippen molar-refractivity contribution in [3.05, 3.63) is 35.4 Å². The smallest absolute Gasteiger partial charge is 0.0585 e. The first-order valence-corrected chi connectivity index (χ1v) is 4.14. The Labute approximate surface area is 73.0 Å². The highest BCUT2D eigenvalue weighted by Gasteiger charge is 2.00. The monoisotopic (exact) mass is 165 g/mol. The van der Waals surface area contributed by atoms with Crippen molar-refractivity contribution in [3.8, 4) is 0 Å². The van der Waals surface area contributed by atoms with Crippen molar-refractivity contribution in [2.24, 2.45) is 5.73 Å². The highest BCUT2D eigenvalue weighted by Crippen LogP contribution is 2.04. The molecular weight excluding hydrogens is 150 g/mol. The quantitative estimate of drug-likeness (QED) is 0.697. The van der Waals surface area contributed by atoms with Gasteiger partial charge < -0.3 is 10.8 Å². The maximum atomic E-state index is 8.73. The molecule has 0 heterocycles. The van der Waals surface area contributed by atoms with Gasteiger partial charge in [-0.2, -0.15) is 0 Å². The van der Waals surface area contributed by atoms with Crippen LogP contribution in [-0.2, 0) is 6.42 Å². The summed E-state index contributed by atoms with van der Waals surface area (Å²) >= 11 is 0. The lowest BCUT2D eigenvalue weighted by Gasteiger charge is -2.07. The predicted octanol–water partition coefficient (Wildman–Crippen LogP) is 0.857. The maximum absolute atomic E-state index is 8.73. The highest BCUT2D eigenvalue weighted by molar-refractivity contribution is 5.21. The molecule has 0 aliphatic carbocycles. The van der Waals surface area contributed by atoms with E-state index in [1.807, 2.05) is 12.1 Å². The summed E-state index contributed by atoms with van der Waals surface area (Å²) < 4.78 is 0. The summed E-state index contributed by atoms with van der Waals surface area (Å²) in [4.78, 5) is 0. The van der Waals surface area contributed by atoms with Crippen molar-refractivity contribution in [1.82, 2.24) is 0 Å². The fourth-order valence-corrected chi connectivity index (χ4v) is 1.09. The molecule has 0 unspecified atom stereocenters. The second-order valence-electron chi connectivity index (χ2n) is 3.13. The van der Waals surface area contributed by atoms with E-state index in [4.69, 9.17) is 10.8 Å². The third-order valence-electron chi connectivity index (χ3n) is 1.85. The Balaban J connectivity index is 2.58. The van der Waals surface area contributed by atoms with Crippen LogP contribution in [0.25, 0.3) is 0 Å². The number of nitrogens with two attached hydrogens (primary N) is 1. The van der Waals surface area contributed by atoms with E-state index < -0.39 is 0 Å². The topological polar surface area (TPSA) is 46.2 Å². The fraction of sp³-hybridized carbons (Fsp3) is 0.400. The van der Waals surface area contributed by atoms with Crippen LogP contribution in [0.1, 0.15) is 11.1 Å². The molecule has 1 atom stereocenters. The number of hydrogen-bond acceptors (Lipinski definition) is 2. The molecule has 0 saturated carbocycles. The largest absolute Gasteiger partial charge is 0.395 e. The zero-order valence-electron chi connectivity index (χ0n) is 7.33. The summed E-state index contributed by atoms with van der Waals surface area (Å²) in [6, 6.07) is 8.07. The van der Waals surface area contributed by atoms with Gasteiger partial charge in [0.05, 0.1) is 6.61 Å². The summed E-state index contributed by atoms with van der Waals surface area (Å²) in [7, 11) is 0. The van der Waals surface area contributed by atoms with E-state index in [9.17, 15) is 0 Å². The zero-order valence-corrected chi connectivity index (χ0v) is 7.33. The molecule has 3 N–H and O–H groups in total. The highest BCUT2D eigenvalue weighted by atomic mass is 16.3. The Morgan fingerprint density at radius 2 is 1.92 bits per heavy atom. The van der Waals surface area contributed by atoms with Gasteiger partial charge in [-0.25, -0.2) is 0 Å². The lowest BCUT2D eigenvalue weighted by molar-refractivity contribution is 0.265. The molecule has 1 aromatic carbocycles. The number of hydrogen-bond donors (Lipinski definition) is 2. The summed E-state index contributed by atoms with van der Waals surface area (Å²) in [5, 5.41) is 8.73. The van der Waals surface area contributed by atoms with Gasteiger partial charge in [-0.05, 0) is 18.9 Å². The van der Waals surface area contributed by atoms with Crippen LogP contribution in [0.15, 0.2) is 24.3 Å². The van der Waals surface area contributed by atoms with Crippen molar-refractivity contribution < 1.29 is 5.11 Å². The molecule has 0 radical (unpaired) electrons.